The first-order valence-electron chi connectivity index (χ1n) is 6.52. The molecular weight excluding hydrogens is 270 g/mol. The molecule has 0 saturated carbocycles. The standard InChI is InChI=1S/C15H17N3OS/c1-3-20(2,19,14-10-6-7-11-16-14)15-17-12-8-4-5-9-13(12)18-15/h4-11H,3H2,1-2H3,(H,17,18). The van der Waals surface area contributed by atoms with E-state index in [4.69, 9.17) is 0 Å². The number of hydrogen-bond acceptors (Lipinski definition) is 3. The number of benzene rings is 1. The van der Waals surface area contributed by atoms with Gasteiger partial charge < -0.3 is 4.98 Å². The Hall–Kier alpha value is -2.01. The van der Waals surface area contributed by atoms with Crippen molar-refractivity contribution in [2.45, 2.75) is 17.1 Å². The Balaban J connectivity index is 2.30. The van der Waals surface area contributed by atoms with Crippen LogP contribution < -0.4 is 0 Å². The minimum absolute atomic E-state index is 0.466. The van der Waals surface area contributed by atoms with Gasteiger partial charge in [0.25, 0.3) is 0 Å². The third kappa shape index (κ3) is 1.78. The van der Waals surface area contributed by atoms with E-state index < -0.39 is 9.07 Å². The van der Waals surface area contributed by atoms with Gasteiger partial charge in [-0.3, -0.25) is 4.21 Å². The number of para-hydroxylation sites is 2. The summed E-state index contributed by atoms with van der Waals surface area (Å²) in [6.07, 6.45) is 3.43. The zero-order valence-electron chi connectivity index (χ0n) is 11.5. The van der Waals surface area contributed by atoms with Crippen molar-refractivity contribution in [1.29, 1.82) is 0 Å². The quantitative estimate of drug-likeness (QED) is 0.806. The molecule has 0 bridgehead atoms. The van der Waals surface area contributed by atoms with E-state index in [1.165, 1.54) is 0 Å². The molecule has 0 fully saturated rings. The molecule has 0 atom stereocenters. The second-order valence-electron chi connectivity index (χ2n) is 5.05. The molecule has 0 unspecified atom stereocenters. The molecule has 20 heavy (non-hydrogen) atoms. The number of aromatic amines is 1. The molecule has 0 spiro atoms. The van der Waals surface area contributed by atoms with Crippen LogP contribution in [0.1, 0.15) is 6.92 Å². The van der Waals surface area contributed by atoms with Crippen LogP contribution in [-0.4, -0.2) is 31.2 Å². The second kappa shape index (κ2) is 4.24. The molecule has 3 rings (SSSR count). The summed E-state index contributed by atoms with van der Waals surface area (Å²) in [5.74, 6) is 0.466. The van der Waals surface area contributed by atoms with E-state index in [1.807, 2.05) is 49.4 Å². The molecular formula is C15H17N3OS. The Morgan fingerprint density at radius 2 is 1.90 bits per heavy atom. The highest BCUT2D eigenvalue weighted by molar-refractivity contribution is 8.19. The minimum Gasteiger partial charge on any atom is -0.332 e. The van der Waals surface area contributed by atoms with Crippen LogP contribution in [0.5, 0.6) is 0 Å². The summed E-state index contributed by atoms with van der Waals surface area (Å²) in [6.45, 7) is 1.91. The summed E-state index contributed by atoms with van der Waals surface area (Å²) in [5, 5.41) is 1.11. The normalized spacial score (nSPS) is 14.0. The van der Waals surface area contributed by atoms with Gasteiger partial charge in [0.15, 0.2) is 5.16 Å². The fourth-order valence-electron chi connectivity index (χ4n) is 2.23. The molecule has 5 heteroatoms. The molecule has 1 aromatic carbocycles. The molecule has 3 aromatic rings. The van der Waals surface area contributed by atoms with Crippen molar-refractivity contribution >= 4 is 20.1 Å². The molecule has 2 heterocycles. The lowest BCUT2D eigenvalue weighted by molar-refractivity contribution is 0.648. The van der Waals surface area contributed by atoms with Crippen LogP contribution in [-0.2, 0) is 9.07 Å². The Morgan fingerprint density at radius 1 is 1.15 bits per heavy atom. The van der Waals surface area contributed by atoms with Crippen LogP contribution in [0.2, 0.25) is 0 Å². The van der Waals surface area contributed by atoms with Gasteiger partial charge in [-0.25, -0.2) is 9.97 Å². The molecule has 0 aliphatic heterocycles. The van der Waals surface area contributed by atoms with Gasteiger partial charge in [0.05, 0.1) is 11.0 Å². The molecule has 2 aromatic heterocycles. The summed E-state index contributed by atoms with van der Waals surface area (Å²) in [5.41, 5.74) is 1.72. The largest absolute Gasteiger partial charge is 0.332 e. The molecule has 0 radical (unpaired) electrons. The van der Waals surface area contributed by atoms with Gasteiger partial charge in [-0.2, -0.15) is 0 Å². The number of fused-ring (bicyclic) bond motifs is 1. The summed E-state index contributed by atoms with van der Waals surface area (Å²) < 4.78 is 13.8. The smallest absolute Gasteiger partial charge is 0.181 e. The van der Waals surface area contributed by atoms with Gasteiger partial charge in [0.2, 0.25) is 0 Å². The predicted molar refractivity (Wildman–Crippen MR) is 81.5 cm³/mol. The van der Waals surface area contributed by atoms with Crippen LogP contribution in [0.3, 0.4) is 0 Å². The Morgan fingerprint density at radius 3 is 2.55 bits per heavy atom. The van der Waals surface area contributed by atoms with Gasteiger partial charge in [-0.15, -0.1) is 0 Å². The van der Waals surface area contributed by atoms with Crippen molar-refractivity contribution in [2.24, 2.45) is 0 Å². The monoisotopic (exact) mass is 287 g/mol. The summed E-state index contributed by atoms with van der Waals surface area (Å²) in [6, 6.07) is 13.2. The highest BCUT2D eigenvalue weighted by atomic mass is 32.3. The lowest BCUT2D eigenvalue weighted by atomic mass is 10.3. The third-order valence-corrected chi connectivity index (χ3v) is 7.68. The fraction of sp³-hybridized carbons (Fsp3) is 0.200. The number of nitrogens with one attached hydrogen (secondary N) is 1. The van der Waals surface area contributed by atoms with Crippen LogP contribution in [0.25, 0.3) is 11.0 Å². The number of rotatable bonds is 3. The van der Waals surface area contributed by atoms with E-state index in [1.54, 1.807) is 12.5 Å². The van der Waals surface area contributed by atoms with Crippen molar-refractivity contribution in [3.8, 4) is 0 Å². The summed E-state index contributed by atoms with van der Waals surface area (Å²) >= 11 is 0. The highest BCUT2D eigenvalue weighted by Gasteiger charge is 2.38. The maximum absolute atomic E-state index is 13.8. The zero-order valence-corrected chi connectivity index (χ0v) is 12.4. The molecule has 0 aliphatic carbocycles. The Kier molecular flexibility index (Phi) is 2.76. The average Bonchev–Trinajstić information content (AvgIpc) is 2.93. The number of aromatic nitrogens is 3. The molecule has 0 saturated heterocycles. The lowest BCUT2D eigenvalue weighted by Gasteiger charge is -2.34. The summed E-state index contributed by atoms with van der Waals surface area (Å²) in [4.78, 5) is 12.1. The van der Waals surface area contributed by atoms with E-state index in [0.717, 1.165) is 11.0 Å². The Bertz CT molecular complexity index is 792. The molecule has 104 valence electrons. The SMILES string of the molecule is CCS(C)(=O)(c1ccccn1)c1nc2ccccc2[nH]1. The lowest BCUT2D eigenvalue weighted by Crippen LogP contribution is -2.36. The van der Waals surface area contributed by atoms with E-state index in [9.17, 15) is 4.21 Å². The molecule has 4 nitrogen and oxygen atoms in total. The van der Waals surface area contributed by atoms with Crippen LogP contribution in [0.4, 0.5) is 0 Å². The van der Waals surface area contributed by atoms with Gasteiger partial charge in [0.1, 0.15) is 5.03 Å². The first-order valence-corrected chi connectivity index (χ1v) is 9.07. The van der Waals surface area contributed by atoms with Crippen molar-refractivity contribution in [2.75, 3.05) is 12.0 Å². The average molecular weight is 287 g/mol. The van der Waals surface area contributed by atoms with Crippen molar-refractivity contribution in [3.63, 3.8) is 0 Å². The van der Waals surface area contributed by atoms with Gasteiger partial charge >= 0.3 is 0 Å². The second-order valence-corrected chi connectivity index (χ2v) is 9.51. The molecule has 0 amide bonds. The number of nitrogens with zero attached hydrogens (tertiary/aromatic N) is 2. The maximum Gasteiger partial charge on any atom is 0.181 e. The van der Waals surface area contributed by atoms with Crippen molar-refractivity contribution in [1.82, 2.24) is 15.0 Å². The van der Waals surface area contributed by atoms with E-state index in [-0.39, 0.29) is 0 Å². The maximum atomic E-state index is 13.8. The van der Waals surface area contributed by atoms with E-state index >= 15 is 0 Å². The summed E-state index contributed by atoms with van der Waals surface area (Å²) in [7, 11) is -3.29. The molecule has 0 aliphatic rings. The van der Waals surface area contributed by atoms with Gasteiger partial charge in [-0.05, 0) is 33.3 Å². The van der Waals surface area contributed by atoms with Crippen molar-refractivity contribution < 1.29 is 4.21 Å². The number of H-pyrrole nitrogens is 1. The van der Waals surface area contributed by atoms with Gasteiger partial charge in [0, 0.05) is 18.2 Å². The fourth-order valence-corrected chi connectivity index (χ4v) is 4.48. The van der Waals surface area contributed by atoms with Crippen LogP contribution in [0, 0.1) is 0 Å². The molecule has 1 N–H and O–H groups in total. The van der Waals surface area contributed by atoms with Crippen LogP contribution >= 0.6 is 0 Å². The number of imidazole rings is 1. The minimum atomic E-state index is -3.29. The van der Waals surface area contributed by atoms with Gasteiger partial charge in [-0.1, -0.05) is 25.1 Å². The van der Waals surface area contributed by atoms with E-state index in [0.29, 0.717) is 15.9 Å². The topological polar surface area (TPSA) is 58.6 Å². The number of pyridine rings is 1. The Labute approximate surface area is 117 Å². The zero-order chi connectivity index (χ0) is 14.2. The third-order valence-electron chi connectivity index (χ3n) is 3.75. The first kappa shape index (κ1) is 13.0. The first-order chi connectivity index (χ1) is 9.53. The van der Waals surface area contributed by atoms with Crippen LogP contribution in [0.15, 0.2) is 58.8 Å². The highest BCUT2D eigenvalue weighted by Crippen LogP contribution is 2.38. The predicted octanol–water partition coefficient (Wildman–Crippen LogP) is 2.85. The van der Waals surface area contributed by atoms with Crippen molar-refractivity contribution in [3.05, 3.63) is 48.7 Å². The number of hydrogen-bond donors (Lipinski definition) is 1. The van der Waals surface area contributed by atoms with E-state index in [2.05, 4.69) is 15.0 Å².